The first-order valence-electron chi connectivity index (χ1n) is 8.42. The van der Waals surface area contributed by atoms with Gasteiger partial charge >= 0.3 is 0 Å². The van der Waals surface area contributed by atoms with Crippen molar-refractivity contribution in [3.05, 3.63) is 0 Å². The smallest absolute Gasteiger partial charge is 0.0257 e. The monoisotopic (exact) mass is 266 g/mol. The zero-order valence-corrected chi connectivity index (χ0v) is 13.7. The second-order valence-electron chi connectivity index (χ2n) is 7.87. The minimum atomic E-state index is 0.525. The molecular weight excluding hydrogens is 232 g/mol. The minimum Gasteiger partial charge on any atom is -0.313 e. The number of hydrogen-bond acceptors (Lipinski definition) is 2. The van der Waals surface area contributed by atoms with Gasteiger partial charge in [-0.25, -0.2) is 0 Å². The van der Waals surface area contributed by atoms with Gasteiger partial charge in [0.2, 0.25) is 0 Å². The molecule has 1 aliphatic carbocycles. The van der Waals surface area contributed by atoms with Crippen LogP contribution in [0.25, 0.3) is 0 Å². The fourth-order valence-corrected chi connectivity index (χ4v) is 4.18. The van der Waals surface area contributed by atoms with Crippen molar-refractivity contribution in [1.82, 2.24) is 10.2 Å². The Labute approximate surface area is 120 Å². The lowest BCUT2D eigenvalue weighted by molar-refractivity contribution is 0.00912. The van der Waals surface area contributed by atoms with Gasteiger partial charge < -0.3 is 5.32 Å². The number of likely N-dealkylation sites (N-methyl/N-ethyl adjacent to an activating group) is 1. The van der Waals surface area contributed by atoms with E-state index in [1.54, 1.807) is 0 Å². The van der Waals surface area contributed by atoms with Gasteiger partial charge in [-0.2, -0.15) is 0 Å². The maximum atomic E-state index is 3.76. The standard InChI is InChI=1S/C17H34N2/c1-6-18-15-9-10-17(4,5)11-16(15)19-12-13(2)7-8-14(19)3/h13-16,18H,6-12H2,1-5H3. The first-order valence-corrected chi connectivity index (χ1v) is 8.42. The van der Waals surface area contributed by atoms with Crippen LogP contribution in [0, 0.1) is 11.3 Å². The Morgan fingerprint density at radius 1 is 1.16 bits per heavy atom. The molecule has 112 valence electrons. The molecule has 0 radical (unpaired) electrons. The molecule has 1 saturated carbocycles. The number of nitrogens with zero attached hydrogens (tertiary/aromatic N) is 1. The molecule has 4 atom stereocenters. The molecule has 0 amide bonds. The third-order valence-corrected chi connectivity index (χ3v) is 5.42. The topological polar surface area (TPSA) is 15.3 Å². The van der Waals surface area contributed by atoms with Crippen molar-refractivity contribution in [2.45, 2.75) is 84.8 Å². The quantitative estimate of drug-likeness (QED) is 0.838. The maximum absolute atomic E-state index is 3.76. The Hall–Kier alpha value is -0.0800. The fourth-order valence-electron chi connectivity index (χ4n) is 4.18. The van der Waals surface area contributed by atoms with Gasteiger partial charge in [-0.05, 0) is 56.9 Å². The Kier molecular flexibility index (Phi) is 4.94. The van der Waals surface area contributed by atoms with E-state index < -0.39 is 0 Å². The highest BCUT2D eigenvalue weighted by molar-refractivity contribution is 4.97. The van der Waals surface area contributed by atoms with Gasteiger partial charge in [0.25, 0.3) is 0 Å². The van der Waals surface area contributed by atoms with Crippen LogP contribution in [0.2, 0.25) is 0 Å². The Morgan fingerprint density at radius 2 is 1.89 bits per heavy atom. The summed E-state index contributed by atoms with van der Waals surface area (Å²) in [6.07, 6.45) is 6.89. The first kappa shape index (κ1) is 15.3. The van der Waals surface area contributed by atoms with E-state index in [0.717, 1.165) is 24.5 Å². The second kappa shape index (κ2) is 6.13. The lowest BCUT2D eigenvalue weighted by Gasteiger charge is -2.50. The van der Waals surface area contributed by atoms with Gasteiger partial charge in [-0.15, -0.1) is 0 Å². The summed E-state index contributed by atoms with van der Waals surface area (Å²) in [4.78, 5) is 2.84. The number of rotatable bonds is 3. The summed E-state index contributed by atoms with van der Waals surface area (Å²) in [5.41, 5.74) is 0.525. The molecule has 2 aliphatic rings. The predicted octanol–water partition coefficient (Wildman–Crippen LogP) is 3.66. The van der Waals surface area contributed by atoms with E-state index in [1.165, 1.54) is 38.6 Å². The predicted molar refractivity (Wildman–Crippen MR) is 83.5 cm³/mol. The van der Waals surface area contributed by atoms with Crippen molar-refractivity contribution >= 4 is 0 Å². The van der Waals surface area contributed by atoms with Crippen molar-refractivity contribution in [1.29, 1.82) is 0 Å². The molecule has 0 spiro atoms. The molecule has 0 aromatic heterocycles. The zero-order chi connectivity index (χ0) is 14.0. The van der Waals surface area contributed by atoms with Crippen molar-refractivity contribution in [3.8, 4) is 0 Å². The number of nitrogens with one attached hydrogen (secondary N) is 1. The largest absolute Gasteiger partial charge is 0.313 e. The van der Waals surface area contributed by atoms with Crippen LogP contribution in [-0.4, -0.2) is 36.1 Å². The van der Waals surface area contributed by atoms with Crippen LogP contribution < -0.4 is 5.32 Å². The van der Waals surface area contributed by atoms with Gasteiger partial charge in [0, 0.05) is 24.7 Å². The van der Waals surface area contributed by atoms with E-state index in [2.05, 4.69) is 44.8 Å². The van der Waals surface area contributed by atoms with E-state index in [9.17, 15) is 0 Å². The molecule has 1 aliphatic heterocycles. The van der Waals surface area contributed by atoms with Gasteiger partial charge in [-0.1, -0.05) is 27.7 Å². The molecule has 1 N–H and O–H groups in total. The van der Waals surface area contributed by atoms with Crippen LogP contribution in [0.5, 0.6) is 0 Å². The molecule has 19 heavy (non-hydrogen) atoms. The summed E-state index contributed by atoms with van der Waals surface area (Å²) in [6.45, 7) is 14.5. The molecule has 1 heterocycles. The fraction of sp³-hybridized carbons (Fsp3) is 1.00. The molecule has 2 heteroatoms. The summed E-state index contributed by atoms with van der Waals surface area (Å²) in [7, 11) is 0. The molecule has 0 aromatic carbocycles. The molecule has 2 rings (SSSR count). The Morgan fingerprint density at radius 3 is 2.58 bits per heavy atom. The minimum absolute atomic E-state index is 0.525. The van der Waals surface area contributed by atoms with Gasteiger partial charge in [0.15, 0.2) is 0 Å². The summed E-state index contributed by atoms with van der Waals surface area (Å²) >= 11 is 0. The molecule has 2 fully saturated rings. The third-order valence-electron chi connectivity index (χ3n) is 5.42. The second-order valence-corrected chi connectivity index (χ2v) is 7.87. The van der Waals surface area contributed by atoms with Gasteiger partial charge in [0.05, 0.1) is 0 Å². The zero-order valence-electron chi connectivity index (χ0n) is 13.7. The first-order chi connectivity index (χ1) is 8.93. The number of hydrogen-bond donors (Lipinski definition) is 1. The van der Waals surface area contributed by atoms with Crippen LogP contribution >= 0.6 is 0 Å². The third kappa shape index (κ3) is 3.72. The molecule has 0 bridgehead atoms. The van der Waals surface area contributed by atoms with E-state index in [1.807, 2.05) is 0 Å². The summed E-state index contributed by atoms with van der Waals surface area (Å²) in [6, 6.07) is 2.24. The van der Waals surface area contributed by atoms with Gasteiger partial charge in [-0.3, -0.25) is 4.90 Å². The molecule has 1 saturated heterocycles. The summed E-state index contributed by atoms with van der Waals surface area (Å²) in [5, 5.41) is 3.76. The highest BCUT2D eigenvalue weighted by Gasteiger charge is 2.40. The van der Waals surface area contributed by atoms with E-state index in [-0.39, 0.29) is 0 Å². The van der Waals surface area contributed by atoms with Crippen LogP contribution in [-0.2, 0) is 0 Å². The van der Waals surface area contributed by atoms with Crippen molar-refractivity contribution in [3.63, 3.8) is 0 Å². The van der Waals surface area contributed by atoms with Gasteiger partial charge in [0.1, 0.15) is 0 Å². The molecule has 0 aromatic rings. The van der Waals surface area contributed by atoms with Crippen molar-refractivity contribution < 1.29 is 0 Å². The SMILES string of the molecule is CCNC1CCC(C)(C)CC1N1CC(C)CCC1C. The Balaban J connectivity index is 2.11. The summed E-state index contributed by atoms with van der Waals surface area (Å²) < 4.78 is 0. The lowest BCUT2D eigenvalue weighted by Crippen LogP contribution is -2.59. The van der Waals surface area contributed by atoms with E-state index in [4.69, 9.17) is 0 Å². The van der Waals surface area contributed by atoms with Crippen LogP contribution in [0.15, 0.2) is 0 Å². The van der Waals surface area contributed by atoms with Crippen LogP contribution in [0.4, 0.5) is 0 Å². The molecular formula is C17H34N2. The number of piperidine rings is 1. The van der Waals surface area contributed by atoms with E-state index >= 15 is 0 Å². The normalized spacial score (nSPS) is 40.3. The average molecular weight is 266 g/mol. The molecule has 4 unspecified atom stereocenters. The summed E-state index contributed by atoms with van der Waals surface area (Å²) in [5.74, 6) is 0.878. The lowest BCUT2D eigenvalue weighted by atomic mass is 9.71. The average Bonchev–Trinajstić information content (AvgIpc) is 2.34. The van der Waals surface area contributed by atoms with Crippen LogP contribution in [0.1, 0.15) is 66.7 Å². The van der Waals surface area contributed by atoms with Crippen molar-refractivity contribution in [2.75, 3.05) is 13.1 Å². The van der Waals surface area contributed by atoms with Crippen LogP contribution in [0.3, 0.4) is 0 Å². The van der Waals surface area contributed by atoms with E-state index in [0.29, 0.717) is 11.5 Å². The molecule has 2 nitrogen and oxygen atoms in total. The Bertz CT molecular complexity index is 287. The highest BCUT2D eigenvalue weighted by Crippen LogP contribution is 2.39. The maximum Gasteiger partial charge on any atom is 0.0257 e. The highest BCUT2D eigenvalue weighted by atomic mass is 15.2. The number of likely N-dealkylation sites (tertiary alicyclic amines) is 1. The van der Waals surface area contributed by atoms with Crippen molar-refractivity contribution in [2.24, 2.45) is 11.3 Å².